The normalized spacial score (nSPS) is 13.0. The molecule has 0 atom stereocenters. The van der Waals surface area contributed by atoms with Crippen molar-refractivity contribution in [3.8, 4) is 11.5 Å². The zero-order valence-electron chi connectivity index (χ0n) is 20.4. The highest BCUT2D eigenvalue weighted by Gasteiger charge is 2.26. The molecule has 1 heterocycles. The summed E-state index contributed by atoms with van der Waals surface area (Å²) in [6, 6.07) is 12.8. The number of nitrogens with zero attached hydrogens (tertiary/aromatic N) is 1. The second kappa shape index (κ2) is 11.7. The summed E-state index contributed by atoms with van der Waals surface area (Å²) >= 11 is 0. The summed E-state index contributed by atoms with van der Waals surface area (Å²) in [5.41, 5.74) is 2.19. The number of hydrogen-bond donors (Lipinski definition) is 1. The van der Waals surface area contributed by atoms with Crippen LogP contribution >= 0.6 is 0 Å². The molecule has 7 heteroatoms. The highest BCUT2D eigenvalue weighted by atomic mass is 16.5. The van der Waals surface area contributed by atoms with Gasteiger partial charge in [0.15, 0.2) is 19.0 Å². The van der Waals surface area contributed by atoms with E-state index in [0.717, 1.165) is 0 Å². The molecular formula is C27H34N2O5. The minimum atomic E-state index is -0.193. The van der Waals surface area contributed by atoms with Gasteiger partial charge in [0.2, 0.25) is 5.91 Å². The standard InChI is InChI=1S/C27H34N2O5/c1-18(2)15-28-26(31)6-5-13-29-23-14-21(9-12-25(23)34-17-27(29)32)24(30)16-33-22-10-7-20(8-11-22)19(3)4/h7-12,14,18-19H,5-6,13,15-17H2,1-4H3,(H,28,31). The third-order valence-corrected chi connectivity index (χ3v) is 5.63. The predicted molar refractivity (Wildman–Crippen MR) is 132 cm³/mol. The molecule has 0 spiro atoms. The van der Waals surface area contributed by atoms with E-state index in [4.69, 9.17) is 9.47 Å². The second-order valence-electron chi connectivity index (χ2n) is 9.25. The monoisotopic (exact) mass is 466 g/mol. The first-order valence-corrected chi connectivity index (χ1v) is 11.8. The van der Waals surface area contributed by atoms with Gasteiger partial charge in [0.05, 0.1) is 5.69 Å². The lowest BCUT2D eigenvalue weighted by molar-refractivity contribution is -0.122. The molecule has 0 radical (unpaired) electrons. The molecule has 7 nitrogen and oxygen atoms in total. The molecule has 2 aromatic rings. The molecule has 3 rings (SSSR count). The van der Waals surface area contributed by atoms with Crippen LogP contribution in [0.25, 0.3) is 0 Å². The molecule has 2 amide bonds. The molecule has 1 aliphatic heterocycles. The fraction of sp³-hybridized carbons (Fsp3) is 0.444. The maximum Gasteiger partial charge on any atom is 0.265 e. The Labute approximate surface area is 201 Å². The van der Waals surface area contributed by atoms with E-state index < -0.39 is 0 Å². The van der Waals surface area contributed by atoms with E-state index in [2.05, 4.69) is 19.2 Å². The molecular weight excluding hydrogens is 432 g/mol. The van der Waals surface area contributed by atoms with Gasteiger partial charge in [0.25, 0.3) is 5.91 Å². The van der Waals surface area contributed by atoms with Crippen LogP contribution in [0.1, 0.15) is 62.4 Å². The summed E-state index contributed by atoms with van der Waals surface area (Å²) in [5.74, 6) is 1.57. The molecule has 182 valence electrons. The second-order valence-corrected chi connectivity index (χ2v) is 9.25. The van der Waals surface area contributed by atoms with Gasteiger partial charge >= 0.3 is 0 Å². The summed E-state index contributed by atoms with van der Waals surface area (Å²) in [5, 5.41) is 2.88. The number of carbonyl (C=O) groups is 3. The minimum absolute atomic E-state index is 0.0304. The van der Waals surface area contributed by atoms with Crippen molar-refractivity contribution in [3.05, 3.63) is 53.6 Å². The van der Waals surface area contributed by atoms with E-state index in [-0.39, 0.29) is 30.8 Å². The lowest BCUT2D eigenvalue weighted by Crippen LogP contribution is -2.40. The Morgan fingerprint density at radius 2 is 1.82 bits per heavy atom. The van der Waals surface area contributed by atoms with Gasteiger partial charge in [-0.2, -0.15) is 0 Å². The summed E-state index contributed by atoms with van der Waals surface area (Å²) in [7, 11) is 0. The van der Waals surface area contributed by atoms with E-state index in [1.165, 1.54) is 5.56 Å². The van der Waals surface area contributed by atoms with Gasteiger partial charge in [0, 0.05) is 25.1 Å². The van der Waals surface area contributed by atoms with Gasteiger partial charge in [0.1, 0.15) is 11.5 Å². The summed E-state index contributed by atoms with van der Waals surface area (Å²) in [4.78, 5) is 38.9. The number of nitrogens with one attached hydrogen (secondary N) is 1. The van der Waals surface area contributed by atoms with Crippen molar-refractivity contribution in [1.29, 1.82) is 0 Å². The smallest absolute Gasteiger partial charge is 0.265 e. The Hall–Kier alpha value is -3.35. The van der Waals surface area contributed by atoms with Crippen LogP contribution in [0.3, 0.4) is 0 Å². The molecule has 1 aliphatic rings. The maximum atomic E-state index is 12.8. The van der Waals surface area contributed by atoms with Crippen LogP contribution in [0.15, 0.2) is 42.5 Å². The number of anilines is 1. The SMILES string of the molecule is CC(C)CNC(=O)CCCN1C(=O)COc2ccc(C(=O)COc3ccc(C(C)C)cc3)cc21. The quantitative estimate of drug-likeness (QED) is 0.498. The Morgan fingerprint density at radius 3 is 2.50 bits per heavy atom. The number of benzene rings is 2. The molecule has 1 N–H and O–H groups in total. The van der Waals surface area contributed by atoms with E-state index >= 15 is 0 Å². The minimum Gasteiger partial charge on any atom is -0.485 e. The van der Waals surface area contributed by atoms with Crippen molar-refractivity contribution in [1.82, 2.24) is 5.32 Å². The number of ether oxygens (including phenoxy) is 2. The summed E-state index contributed by atoms with van der Waals surface area (Å²) in [6.45, 7) is 9.16. The topological polar surface area (TPSA) is 84.9 Å². The molecule has 34 heavy (non-hydrogen) atoms. The lowest BCUT2D eigenvalue weighted by Gasteiger charge is -2.29. The van der Waals surface area contributed by atoms with Crippen molar-refractivity contribution in [2.45, 2.75) is 46.5 Å². The number of carbonyl (C=O) groups excluding carboxylic acids is 3. The first kappa shape index (κ1) is 25.3. The number of rotatable bonds is 11. The van der Waals surface area contributed by atoms with Crippen molar-refractivity contribution < 1.29 is 23.9 Å². The first-order chi connectivity index (χ1) is 16.2. The molecule has 0 aliphatic carbocycles. The third-order valence-electron chi connectivity index (χ3n) is 5.63. The van der Waals surface area contributed by atoms with Crippen LogP contribution < -0.4 is 19.7 Å². The molecule has 0 saturated heterocycles. The number of ketones is 1. The van der Waals surface area contributed by atoms with Crippen LogP contribution in [0.4, 0.5) is 5.69 Å². The van der Waals surface area contributed by atoms with Gasteiger partial charge in [-0.25, -0.2) is 0 Å². The molecule has 0 saturated carbocycles. The Balaban J connectivity index is 1.62. The summed E-state index contributed by atoms with van der Waals surface area (Å²) in [6.07, 6.45) is 0.845. The average Bonchev–Trinajstić information content (AvgIpc) is 2.82. The van der Waals surface area contributed by atoms with Crippen LogP contribution in [-0.2, 0) is 9.59 Å². The van der Waals surface area contributed by atoms with E-state index in [9.17, 15) is 14.4 Å². The van der Waals surface area contributed by atoms with Crippen molar-refractivity contribution in [3.63, 3.8) is 0 Å². The average molecular weight is 467 g/mol. The Bertz CT molecular complexity index is 1010. The van der Waals surface area contributed by atoms with Gasteiger partial charge in [-0.1, -0.05) is 39.8 Å². The molecule has 0 bridgehead atoms. The van der Waals surface area contributed by atoms with Crippen LogP contribution in [0.5, 0.6) is 11.5 Å². The van der Waals surface area contributed by atoms with E-state index in [1.807, 2.05) is 38.1 Å². The fourth-order valence-electron chi connectivity index (χ4n) is 3.61. The van der Waals surface area contributed by atoms with Gasteiger partial charge in [-0.15, -0.1) is 0 Å². The van der Waals surface area contributed by atoms with Crippen molar-refractivity contribution >= 4 is 23.3 Å². The third kappa shape index (κ3) is 6.83. The number of hydrogen-bond acceptors (Lipinski definition) is 5. The maximum absolute atomic E-state index is 12.8. The highest BCUT2D eigenvalue weighted by Crippen LogP contribution is 2.33. The zero-order valence-corrected chi connectivity index (χ0v) is 20.4. The van der Waals surface area contributed by atoms with Gasteiger partial charge in [-0.3, -0.25) is 14.4 Å². The highest BCUT2D eigenvalue weighted by molar-refractivity contribution is 6.02. The predicted octanol–water partition coefficient (Wildman–Crippen LogP) is 4.35. The molecule has 0 aromatic heterocycles. The van der Waals surface area contributed by atoms with Crippen molar-refractivity contribution in [2.75, 3.05) is 31.2 Å². The lowest BCUT2D eigenvalue weighted by atomic mass is 10.0. The van der Waals surface area contributed by atoms with Crippen molar-refractivity contribution in [2.24, 2.45) is 5.92 Å². The largest absolute Gasteiger partial charge is 0.485 e. The number of fused-ring (bicyclic) bond motifs is 1. The van der Waals surface area contributed by atoms with Crippen LogP contribution in [0.2, 0.25) is 0 Å². The number of amides is 2. The van der Waals surface area contributed by atoms with E-state index in [1.54, 1.807) is 23.1 Å². The Kier molecular flexibility index (Phi) is 8.68. The van der Waals surface area contributed by atoms with Crippen LogP contribution in [0, 0.1) is 5.92 Å². The Morgan fingerprint density at radius 1 is 1.09 bits per heavy atom. The summed E-state index contributed by atoms with van der Waals surface area (Å²) < 4.78 is 11.2. The molecule has 2 aromatic carbocycles. The first-order valence-electron chi connectivity index (χ1n) is 11.8. The fourth-order valence-corrected chi connectivity index (χ4v) is 3.61. The number of Topliss-reactive ketones (excluding diaryl/α,β-unsaturated/α-hetero) is 1. The molecule has 0 fully saturated rings. The van der Waals surface area contributed by atoms with Gasteiger partial charge in [-0.05, 0) is 54.2 Å². The van der Waals surface area contributed by atoms with Crippen LogP contribution in [-0.4, -0.2) is 43.9 Å². The zero-order chi connectivity index (χ0) is 24.7. The van der Waals surface area contributed by atoms with E-state index in [0.29, 0.717) is 60.5 Å². The van der Waals surface area contributed by atoms with Gasteiger partial charge < -0.3 is 19.7 Å². The molecule has 0 unspecified atom stereocenters.